The van der Waals surface area contributed by atoms with Crippen LogP contribution in [0, 0.1) is 0 Å². The summed E-state index contributed by atoms with van der Waals surface area (Å²) in [5.74, 6) is 0.837. The van der Waals surface area contributed by atoms with E-state index in [1.807, 2.05) is 31.3 Å². The van der Waals surface area contributed by atoms with Crippen LogP contribution in [0.5, 0.6) is 5.75 Å². The first-order valence-corrected chi connectivity index (χ1v) is 8.43. The fraction of sp³-hybridized carbons (Fsp3) is 0.611. The van der Waals surface area contributed by atoms with Gasteiger partial charge in [0.1, 0.15) is 19.0 Å². The molecular formula is C18H29NO6. The second-order valence-electron chi connectivity index (χ2n) is 5.21. The smallest absolute Gasteiger partial charge is 0.155 e. The molecule has 0 aliphatic rings. The van der Waals surface area contributed by atoms with E-state index in [-0.39, 0.29) is 12.4 Å². The summed E-state index contributed by atoms with van der Waals surface area (Å²) in [7, 11) is 1.88. The molecule has 1 rings (SSSR count). The standard InChI is InChI=1S/C18H29NO6/c1-16(20)15-24-12-11-22-8-7-21-9-10-23-13-14-25-18-5-3-17(19-2)4-6-18/h3-6,19H,7-15H2,1-2H3. The second kappa shape index (κ2) is 14.7. The maximum Gasteiger partial charge on any atom is 0.155 e. The lowest BCUT2D eigenvalue weighted by Crippen LogP contribution is -2.14. The molecular weight excluding hydrogens is 326 g/mol. The van der Waals surface area contributed by atoms with Crippen LogP contribution >= 0.6 is 0 Å². The molecule has 0 heterocycles. The van der Waals surface area contributed by atoms with Gasteiger partial charge < -0.3 is 29.0 Å². The molecule has 25 heavy (non-hydrogen) atoms. The molecule has 0 spiro atoms. The minimum absolute atomic E-state index is 0.0143. The monoisotopic (exact) mass is 355 g/mol. The number of carbonyl (C=O) groups excluding carboxylic acids is 1. The normalized spacial score (nSPS) is 10.6. The van der Waals surface area contributed by atoms with Gasteiger partial charge in [0.15, 0.2) is 5.78 Å². The summed E-state index contributed by atoms with van der Waals surface area (Å²) in [6, 6.07) is 7.75. The first-order chi connectivity index (χ1) is 12.2. The van der Waals surface area contributed by atoms with Crippen molar-refractivity contribution in [2.24, 2.45) is 0 Å². The van der Waals surface area contributed by atoms with Crippen molar-refractivity contribution in [3.8, 4) is 5.75 Å². The molecule has 0 bridgehead atoms. The average molecular weight is 355 g/mol. The van der Waals surface area contributed by atoms with Crippen LogP contribution in [0.25, 0.3) is 0 Å². The molecule has 0 fully saturated rings. The fourth-order valence-electron chi connectivity index (χ4n) is 1.81. The number of hydrogen-bond acceptors (Lipinski definition) is 7. The molecule has 142 valence electrons. The number of rotatable bonds is 16. The van der Waals surface area contributed by atoms with E-state index in [1.165, 1.54) is 6.92 Å². The third-order valence-corrected chi connectivity index (χ3v) is 3.06. The molecule has 1 aromatic carbocycles. The van der Waals surface area contributed by atoms with Gasteiger partial charge >= 0.3 is 0 Å². The van der Waals surface area contributed by atoms with E-state index in [4.69, 9.17) is 23.7 Å². The highest BCUT2D eigenvalue weighted by Crippen LogP contribution is 2.14. The minimum Gasteiger partial charge on any atom is -0.491 e. The van der Waals surface area contributed by atoms with Crippen molar-refractivity contribution >= 4 is 11.5 Å². The van der Waals surface area contributed by atoms with Gasteiger partial charge in [0.05, 0.1) is 46.2 Å². The molecule has 0 aromatic heterocycles. The van der Waals surface area contributed by atoms with Gasteiger partial charge in [0.25, 0.3) is 0 Å². The summed E-state index contributed by atoms with van der Waals surface area (Å²) in [4.78, 5) is 10.6. The van der Waals surface area contributed by atoms with Gasteiger partial charge in [-0.15, -0.1) is 0 Å². The first kappa shape index (κ1) is 21.4. The van der Waals surface area contributed by atoms with Crippen LogP contribution in [0.3, 0.4) is 0 Å². The van der Waals surface area contributed by atoms with E-state index in [0.29, 0.717) is 52.9 Å². The maximum absolute atomic E-state index is 10.6. The average Bonchev–Trinajstić information content (AvgIpc) is 2.62. The van der Waals surface area contributed by atoms with E-state index in [0.717, 1.165) is 11.4 Å². The zero-order valence-corrected chi connectivity index (χ0v) is 15.1. The Morgan fingerprint density at radius 3 is 1.76 bits per heavy atom. The number of Topliss-reactive ketones (excluding diaryl/α,β-unsaturated/α-hetero) is 1. The van der Waals surface area contributed by atoms with E-state index < -0.39 is 0 Å². The molecule has 0 saturated heterocycles. The molecule has 0 unspecified atom stereocenters. The molecule has 0 aliphatic heterocycles. The molecule has 0 aliphatic carbocycles. The van der Waals surface area contributed by atoms with Gasteiger partial charge in [-0.3, -0.25) is 4.79 Å². The van der Waals surface area contributed by atoms with E-state index in [9.17, 15) is 4.79 Å². The Labute approximate surface area is 149 Å². The van der Waals surface area contributed by atoms with Crippen molar-refractivity contribution in [2.75, 3.05) is 71.8 Å². The highest BCUT2D eigenvalue weighted by atomic mass is 16.6. The van der Waals surface area contributed by atoms with Gasteiger partial charge in [-0.05, 0) is 31.2 Å². The van der Waals surface area contributed by atoms with Crippen molar-refractivity contribution in [3.63, 3.8) is 0 Å². The summed E-state index contributed by atoms with van der Waals surface area (Å²) in [6.45, 7) is 5.56. The van der Waals surface area contributed by atoms with Crippen LogP contribution in [-0.4, -0.2) is 72.3 Å². The van der Waals surface area contributed by atoms with Gasteiger partial charge in [-0.2, -0.15) is 0 Å². The number of ether oxygens (including phenoxy) is 5. The number of benzene rings is 1. The Morgan fingerprint density at radius 2 is 1.28 bits per heavy atom. The number of hydrogen-bond donors (Lipinski definition) is 1. The lowest BCUT2D eigenvalue weighted by atomic mass is 10.3. The highest BCUT2D eigenvalue weighted by Gasteiger charge is 1.96. The summed E-state index contributed by atoms with van der Waals surface area (Å²) in [6.07, 6.45) is 0. The van der Waals surface area contributed by atoms with Gasteiger partial charge in [-0.25, -0.2) is 0 Å². The van der Waals surface area contributed by atoms with Gasteiger partial charge in [-0.1, -0.05) is 0 Å². The van der Waals surface area contributed by atoms with E-state index in [1.54, 1.807) is 0 Å². The number of carbonyl (C=O) groups is 1. The van der Waals surface area contributed by atoms with Crippen LogP contribution in [-0.2, 0) is 23.7 Å². The number of nitrogens with one attached hydrogen (secondary N) is 1. The third kappa shape index (κ3) is 12.4. The highest BCUT2D eigenvalue weighted by molar-refractivity contribution is 5.76. The lowest BCUT2D eigenvalue weighted by Gasteiger charge is -2.09. The zero-order chi connectivity index (χ0) is 18.2. The Morgan fingerprint density at radius 1 is 0.800 bits per heavy atom. The topological polar surface area (TPSA) is 75.2 Å². The number of anilines is 1. The first-order valence-electron chi connectivity index (χ1n) is 8.43. The van der Waals surface area contributed by atoms with Crippen molar-refractivity contribution < 1.29 is 28.5 Å². The molecule has 0 radical (unpaired) electrons. The summed E-state index contributed by atoms with van der Waals surface area (Å²) in [5, 5.41) is 3.05. The van der Waals surface area contributed by atoms with Gasteiger partial charge in [0.2, 0.25) is 0 Å². The van der Waals surface area contributed by atoms with Crippen LogP contribution in [0.15, 0.2) is 24.3 Å². The quantitative estimate of drug-likeness (QED) is 0.453. The fourth-order valence-corrected chi connectivity index (χ4v) is 1.81. The Kier molecular flexibility index (Phi) is 12.5. The van der Waals surface area contributed by atoms with E-state index >= 15 is 0 Å². The molecule has 7 heteroatoms. The molecule has 7 nitrogen and oxygen atoms in total. The van der Waals surface area contributed by atoms with Crippen molar-refractivity contribution in [1.82, 2.24) is 0 Å². The summed E-state index contributed by atoms with van der Waals surface area (Å²) >= 11 is 0. The van der Waals surface area contributed by atoms with Crippen LogP contribution < -0.4 is 10.1 Å². The van der Waals surface area contributed by atoms with E-state index in [2.05, 4.69) is 5.32 Å². The van der Waals surface area contributed by atoms with Crippen molar-refractivity contribution in [2.45, 2.75) is 6.92 Å². The van der Waals surface area contributed by atoms with Crippen LogP contribution in [0.4, 0.5) is 5.69 Å². The Hall–Kier alpha value is -1.67. The SMILES string of the molecule is CNc1ccc(OCCOCCOCCOCCOCC(C)=O)cc1. The van der Waals surface area contributed by atoms with Gasteiger partial charge in [0, 0.05) is 12.7 Å². The second-order valence-corrected chi connectivity index (χ2v) is 5.21. The minimum atomic E-state index is 0.0143. The predicted molar refractivity (Wildman–Crippen MR) is 95.4 cm³/mol. The molecule has 0 amide bonds. The van der Waals surface area contributed by atoms with Crippen LogP contribution in [0.2, 0.25) is 0 Å². The molecule has 0 saturated carbocycles. The molecule has 1 aromatic rings. The van der Waals surface area contributed by atoms with Crippen molar-refractivity contribution in [3.05, 3.63) is 24.3 Å². The maximum atomic E-state index is 10.6. The summed E-state index contributed by atoms with van der Waals surface area (Å²) < 4.78 is 26.7. The zero-order valence-electron chi connectivity index (χ0n) is 15.1. The largest absolute Gasteiger partial charge is 0.491 e. The van der Waals surface area contributed by atoms with Crippen LogP contribution in [0.1, 0.15) is 6.92 Å². The Bertz CT molecular complexity index is 451. The number of ketones is 1. The lowest BCUT2D eigenvalue weighted by molar-refractivity contribution is -0.122. The molecule has 1 N–H and O–H groups in total. The summed E-state index contributed by atoms with van der Waals surface area (Å²) in [5.41, 5.74) is 1.05. The van der Waals surface area contributed by atoms with Crippen molar-refractivity contribution in [1.29, 1.82) is 0 Å². The Balaban J connectivity index is 1.80. The third-order valence-electron chi connectivity index (χ3n) is 3.06. The molecule has 0 atom stereocenters. The predicted octanol–water partition coefficient (Wildman–Crippen LogP) is 1.76.